The Morgan fingerprint density at radius 3 is 2.48 bits per heavy atom. The van der Waals surface area contributed by atoms with Crippen molar-refractivity contribution in [2.75, 3.05) is 0 Å². The molecule has 2 aromatic carbocycles. The van der Waals surface area contributed by atoms with Crippen molar-refractivity contribution in [2.45, 2.75) is 37.4 Å². The number of carbonyl (C=O) groups is 2. The van der Waals surface area contributed by atoms with Crippen molar-refractivity contribution in [3.8, 4) is 0 Å². The minimum Gasteiger partial charge on any atom is -0.348 e. The smallest absolute Gasteiger partial charge is 0.348 e. The lowest BCUT2D eigenvalue weighted by atomic mass is 9.78. The zero-order valence-electron chi connectivity index (χ0n) is 14.8. The van der Waals surface area contributed by atoms with Crippen molar-refractivity contribution in [1.82, 2.24) is 5.32 Å². The van der Waals surface area contributed by atoms with Gasteiger partial charge in [-0.05, 0) is 54.8 Å². The molecule has 1 fully saturated rings. The zero-order chi connectivity index (χ0) is 21.3. The summed E-state index contributed by atoms with van der Waals surface area (Å²) >= 11 is 6.10. The molecule has 2 aromatic rings. The molecule has 2 atom stereocenters. The minimum absolute atomic E-state index is 0.135. The highest BCUT2D eigenvalue weighted by Crippen LogP contribution is 2.35. The van der Waals surface area contributed by atoms with Crippen LogP contribution in [0.1, 0.15) is 46.7 Å². The molecule has 29 heavy (non-hydrogen) atoms. The highest BCUT2D eigenvalue weighted by Gasteiger charge is 2.36. The lowest BCUT2D eigenvalue weighted by molar-refractivity contribution is -0.137. The summed E-state index contributed by atoms with van der Waals surface area (Å²) in [7, 11) is 0. The maximum absolute atomic E-state index is 13.7. The second kappa shape index (κ2) is 8.10. The first kappa shape index (κ1) is 21.2. The van der Waals surface area contributed by atoms with Gasteiger partial charge in [0.1, 0.15) is 17.4 Å². The van der Waals surface area contributed by atoms with E-state index < -0.39 is 46.8 Å². The minimum atomic E-state index is -4.82. The van der Waals surface area contributed by atoms with Crippen molar-refractivity contribution < 1.29 is 31.5 Å². The molecule has 0 spiro atoms. The topological polar surface area (TPSA) is 46.2 Å². The number of Topliss-reactive ketones (excluding diaryl/α,β-unsaturated/α-hetero) is 1. The monoisotopic (exact) mass is 431 g/mol. The van der Waals surface area contributed by atoms with Crippen LogP contribution in [0.4, 0.5) is 22.0 Å². The molecular formula is C20H15ClF5NO2. The highest BCUT2D eigenvalue weighted by molar-refractivity contribution is 6.31. The summed E-state index contributed by atoms with van der Waals surface area (Å²) in [6.07, 6.45) is -3.86. The van der Waals surface area contributed by atoms with Gasteiger partial charge in [0.15, 0.2) is 0 Å². The summed E-state index contributed by atoms with van der Waals surface area (Å²) in [5.74, 6) is -4.02. The van der Waals surface area contributed by atoms with Crippen LogP contribution < -0.4 is 5.32 Å². The molecule has 1 saturated carbocycles. The molecule has 154 valence electrons. The van der Waals surface area contributed by atoms with Crippen LogP contribution in [0.15, 0.2) is 36.4 Å². The van der Waals surface area contributed by atoms with Crippen molar-refractivity contribution in [2.24, 2.45) is 0 Å². The summed E-state index contributed by atoms with van der Waals surface area (Å²) in [6.45, 7) is 0. The largest absolute Gasteiger partial charge is 0.416 e. The number of nitrogens with one attached hydrogen (secondary N) is 1. The molecule has 1 aliphatic carbocycles. The number of carbonyl (C=O) groups excluding carboxylic acids is 2. The number of ketones is 1. The molecule has 0 bridgehead atoms. The third-order valence-electron chi connectivity index (χ3n) is 4.78. The molecule has 1 amide bonds. The van der Waals surface area contributed by atoms with E-state index in [1.807, 2.05) is 0 Å². The summed E-state index contributed by atoms with van der Waals surface area (Å²) in [5.41, 5.74) is -1.64. The van der Waals surface area contributed by atoms with Crippen molar-refractivity contribution in [3.63, 3.8) is 0 Å². The van der Waals surface area contributed by atoms with E-state index in [-0.39, 0.29) is 28.9 Å². The number of halogens is 6. The Labute approximate surface area is 167 Å². The van der Waals surface area contributed by atoms with Crippen LogP contribution >= 0.6 is 11.6 Å². The Bertz CT molecular complexity index is 960. The fourth-order valence-electron chi connectivity index (χ4n) is 3.48. The molecule has 0 aromatic heterocycles. The first-order valence-corrected chi connectivity index (χ1v) is 9.10. The van der Waals surface area contributed by atoms with E-state index in [4.69, 9.17) is 11.6 Å². The van der Waals surface area contributed by atoms with Gasteiger partial charge in [0, 0.05) is 23.0 Å². The van der Waals surface area contributed by atoms with Crippen molar-refractivity contribution in [1.29, 1.82) is 0 Å². The zero-order valence-corrected chi connectivity index (χ0v) is 15.6. The average Bonchev–Trinajstić information content (AvgIpc) is 2.63. The van der Waals surface area contributed by atoms with Gasteiger partial charge < -0.3 is 5.32 Å². The van der Waals surface area contributed by atoms with Gasteiger partial charge in [0.05, 0.1) is 11.5 Å². The molecule has 1 N–H and O–H groups in total. The quantitative estimate of drug-likeness (QED) is 0.673. The van der Waals surface area contributed by atoms with E-state index in [1.165, 1.54) is 6.07 Å². The predicted octanol–water partition coefficient (Wildman–Crippen LogP) is 5.27. The fraction of sp³-hybridized carbons (Fsp3) is 0.300. The van der Waals surface area contributed by atoms with E-state index >= 15 is 0 Å². The first-order valence-electron chi connectivity index (χ1n) is 8.72. The highest BCUT2D eigenvalue weighted by atomic mass is 35.5. The Kier molecular flexibility index (Phi) is 5.93. The maximum Gasteiger partial charge on any atom is 0.416 e. The standard InChI is InChI=1S/C20H15ClF5NO2/c21-15-5-4-12(22)9-14(15)18-16(2-1-3-17(18)28)27-19(29)10-6-11(20(24,25)26)8-13(23)7-10/h4-9,16,18H,1-3H2,(H,27,29)/t16-,18+/m1/s1. The average molecular weight is 432 g/mol. The summed E-state index contributed by atoms with van der Waals surface area (Å²) in [4.78, 5) is 25.0. The van der Waals surface area contributed by atoms with Crippen LogP contribution in [-0.2, 0) is 11.0 Å². The molecule has 3 nitrogen and oxygen atoms in total. The number of amides is 1. The van der Waals surface area contributed by atoms with E-state index in [2.05, 4.69) is 5.32 Å². The normalized spacial score (nSPS) is 19.9. The number of alkyl halides is 3. The molecular weight excluding hydrogens is 417 g/mol. The van der Waals surface area contributed by atoms with Crippen LogP contribution in [0, 0.1) is 11.6 Å². The van der Waals surface area contributed by atoms with Crippen molar-refractivity contribution >= 4 is 23.3 Å². The molecule has 0 heterocycles. The third-order valence-corrected chi connectivity index (χ3v) is 5.13. The fourth-order valence-corrected chi connectivity index (χ4v) is 3.71. The predicted molar refractivity (Wildman–Crippen MR) is 95.7 cm³/mol. The maximum atomic E-state index is 13.7. The first-order chi connectivity index (χ1) is 13.6. The SMILES string of the molecule is O=C(N[C@@H]1CCCC(=O)[C@H]1c1cc(F)ccc1Cl)c1cc(F)cc(C(F)(F)F)c1. The Morgan fingerprint density at radius 2 is 1.79 bits per heavy atom. The molecule has 0 aliphatic heterocycles. The second-order valence-electron chi connectivity index (χ2n) is 6.81. The second-order valence-corrected chi connectivity index (χ2v) is 7.22. The van der Waals surface area contributed by atoms with Crippen LogP contribution in [0.2, 0.25) is 5.02 Å². The molecule has 0 saturated heterocycles. The van der Waals surface area contributed by atoms with Gasteiger partial charge in [-0.15, -0.1) is 0 Å². The van der Waals surface area contributed by atoms with Gasteiger partial charge in [0.2, 0.25) is 0 Å². The lowest BCUT2D eigenvalue weighted by Gasteiger charge is -2.32. The Hall–Kier alpha value is -2.48. The van der Waals surface area contributed by atoms with Crippen LogP contribution in [0.25, 0.3) is 0 Å². The molecule has 0 radical (unpaired) electrons. The van der Waals surface area contributed by atoms with E-state index in [0.717, 1.165) is 12.1 Å². The number of benzene rings is 2. The van der Waals surface area contributed by atoms with Gasteiger partial charge in [-0.3, -0.25) is 9.59 Å². The van der Waals surface area contributed by atoms with E-state index in [0.29, 0.717) is 25.0 Å². The molecule has 9 heteroatoms. The van der Waals surface area contributed by atoms with Gasteiger partial charge in [-0.1, -0.05) is 11.6 Å². The van der Waals surface area contributed by atoms with Crippen LogP contribution in [0.5, 0.6) is 0 Å². The van der Waals surface area contributed by atoms with Crippen LogP contribution in [-0.4, -0.2) is 17.7 Å². The third kappa shape index (κ3) is 4.75. The van der Waals surface area contributed by atoms with E-state index in [1.54, 1.807) is 0 Å². The van der Waals surface area contributed by atoms with Gasteiger partial charge in [-0.2, -0.15) is 13.2 Å². The Morgan fingerprint density at radius 1 is 1.07 bits per heavy atom. The summed E-state index contributed by atoms with van der Waals surface area (Å²) in [5, 5.41) is 2.63. The Balaban J connectivity index is 1.91. The lowest BCUT2D eigenvalue weighted by Crippen LogP contribution is -2.44. The number of hydrogen-bond acceptors (Lipinski definition) is 2. The van der Waals surface area contributed by atoms with Gasteiger partial charge in [-0.25, -0.2) is 8.78 Å². The molecule has 1 aliphatic rings. The van der Waals surface area contributed by atoms with E-state index in [9.17, 15) is 31.5 Å². The molecule has 0 unspecified atom stereocenters. The van der Waals surface area contributed by atoms with Gasteiger partial charge in [0.25, 0.3) is 5.91 Å². The summed E-state index contributed by atoms with van der Waals surface area (Å²) in [6, 6.07) is 4.19. The van der Waals surface area contributed by atoms with Crippen LogP contribution in [0.3, 0.4) is 0 Å². The number of rotatable bonds is 3. The molecule has 3 rings (SSSR count). The number of hydrogen-bond donors (Lipinski definition) is 1. The summed E-state index contributed by atoms with van der Waals surface area (Å²) < 4.78 is 66.0. The van der Waals surface area contributed by atoms with Crippen molar-refractivity contribution in [3.05, 3.63) is 69.7 Å². The van der Waals surface area contributed by atoms with Gasteiger partial charge >= 0.3 is 6.18 Å².